The van der Waals surface area contributed by atoms with Crippen molar-refractivity contribution in [3.63, 3.8) is 0 Å². The van der Waals surface area contributed by atoms with Gasteiger partial charge in [0.05, 0.1) is 19.0 Å². The van der Waals surface area contributed by atoms with E-state index >= 15 is 0 Å². The third-order valence-corrected chi connectivity index (χ3v) is 5.68. The van der Waals surface area contributed by atoms with E-state index in [9.17, 15) is 18.0 Å². The van der Waals surface area contributed by atoms with Crippen LogP contribution in [-0.2, 0) is 17.8 Å². The zero-order chi connectivity index (χ0) is 26.5. The highest BCUT2D eigenvalue weighted by atomic mass is 19.4. The first-order chi connectivity index (χ1) is 17.0. The van der Waals surface area contributed by atoms with Crippen LogP contribution in [0.5, 0.6) is 5.75 Å². The summed E-state index contributed by atoms with van der Waals surface area (Å²) in [4.78, 5) is 30.5. The van der Waals surface area contributed by atoms with Crippen LogP contribution in [0.4, 0.5) is 18.9 Å². The summed E-state index contributed by atoms with van der Waals surface area (Å²) in [6.45, 7) is 2.03. The topological polar surface area (TPSA) is 87.9 Å². The van der Waals surface area contributed by atoms with Crippen LogP contribution < -0.4 is 9.64 Å². The number of fused-ring (bicyclic) bond motifs is 1. The molecule has 0 radical (unpaired) electrons. The molecule has 0 fully saturated rings. The van der Waals surface area contributed by atoms with Crippen LogP contribution >= 0.6 is 0 Å². The summed E-state index contributed by atoms with van der Waals surface area (Å²) in [7, 11) is 5.67. The second-order valence-electron chi connectivity index (χ2n) is 8.20. The van der Waals surface area contributed by atoms with E-state index in [2.05, 4.69) is 9.55 Å². The predicted octanol–water partition coefficient (Wildman–Crippen LogP) is 3.96. The van der Waals surface area contributed by atoms with Gasteiger partial charge in [0.2, 0.25) is 0 Å². The Hall–Kier alpha value is -4.02. The minimum atomic E-state index is -5.08. The van der Waals surface area contributed by atoms with Gasteiger partial charge in [0.15, 0.2) is 0 Å². The first-order valence-corrected chi connectivity index (χ1v) is 11.1. The SMILES string of the molecule is COc1ccccc1-c1cnc2n1CCN(C(=O)c1ccc(N(C)C)cc1)CC2.O=C(O)C(F)(F)F. The predicted molar refractivity (Wildman–Crippen MR) is 128 cm³/mol. The number of halogens is 3. The van der Waals surface area contributed by atoms with E-state index in [0.717, 1.165) is 40.5 Å². The Morgan fingerprint density at radius 1 is 1.03 bits per heavy atom. The molecule has 0 atom stereocenters. The van der Waals surface area contributed by atoms with Gasteiger partial charge >= 0.3 is 12.1 Å². The van der Waals surface area contributed by atoms with E-state index in [4.69, 9.17) is 14.6 Å². The third kappa shape index (κ3) is 6.15. The molecule has 192 valence electrons. The highest BCUT2D eigenvalue weighted by molar-refractivity contribution is 5.94. The zero-order valence-corrected chi connectivity index (χ0v) is 20.1. The van der Waals surface area contributed by atoms with Crippen molar-refractivity contribution in [2.45, 2.75) is 19.1 Å². The van der Waals surface area contributed by atoms with Crippen molar-refractivity contribution in [2.75, 3.05) is 39.2 Å². The lowest BCUT2D eigenvalue weighted by molar-refractivity contribution is -0.192. The number of para-hydroxylation sites is 1. The van der Waals surface area contributed by atoms with Crippen LogP contribution in [0.1, 0.15) is 16.2 Å². The summed E-state index contributed by atoms with van der Waals surface area (Å²) in [5.74, 6) is -0.857. The van der Waals surface area contributed by atoms with Gasteiger partial charge in [-0.2, -0.15) is 13.2 Å². The van der Waals surface area contributed by atoms with E-state index in [-0.39, 0.29) is 5.91 Å². The summed E-state index contributed by atoms with van der Waals surface area (Å²) in [6, 6.07) is 15.7. The van der Waals surface area contributed by atoms with Crippen LogP contribution in [0, 0.1) is 0 Å². The summed E-state index contributed by atoms with van der Waals surface area (Å²) < 4.78 is 39.5. The molecular weight excluding hydrogens is 477 g/mol. The van der Waals surface area contributed by atoms with Gasteiger partial charge in [0.25, 0.3) is 5.91 Å². The number of aromatic nitrogens is 2. The molecular formula is C25H27F3N4O4. The molecule has 0 saturated heterocycles. The molecule has 11 heteroatoms. The highest BCUT2D eigenvalue weighted by Crippen LogP contribution is 2.31. The van der Waals surface area contributed by atoms with Crippen LogP contribution in [0.15, 0.2) is 54.7 Å². The number of amides is 1. The van der Waals surface area contributed by atoms with E-state index in [0.29, 0.717) is 19.6 Å². The van der Waals surface area contributed by atoms with E-state index in [1.165, 1.54) is 0 Å². The van der Waals surface area contributed by atoms with Crippen molar-refractivity contribution in [1.82, 2.24) is 14.5 Å². The number of anilines is 1. The summed E-state index contributed by atoms with van der Waals surface area (Å²) >= 11 is 0. The molecule has 3 aromatic rings. The number of ether oxygens (including phenoxy) is 1. The van der Waals surface area contributed by atoms with Crippen molar-refractivity contribution >= 4 is 17.6 Å². The number of carbonyl (C=O) groups is 2. The van der Waals surface area contributed by atoms with Gasteiger partial charge in [-0.1, -0.05) is 12.1 Å². The number of carboxylic acid groups (broad SMARTS) is 1. The normalized spacial score (nSPS) is 13.1. The Kier molecular flexibility index (Phi) is 8.23. The quantitative estimate of drug-likeness (QED) is 0.579. The Labute approximate surface area is 206 Å². The molecule has 1 aliphatic rings. The fourth-order valence-corrected chi connectivity index (χ4v) is 3.79. The van der Waals surface area contributed by atoms with Gasteiger partial charge in [0.1, 0.15) is 11.6 Å². The highest BCUT2D eigenvalue weighted by Gasteiger charge is 2.38. The molecule has 1 N–H and O–H groups in total. The number of alkyl halides is 3. The third-order valence-electron chi connectivity index (χ3n) is 5.68. The number of hydrogen-bond donors (Lipinski definition) is 1. The Morgan fingerprint density at radius 2 is 1.67 bits per heavy atom. The van der Waals surface area contributed by atoms with Crippen molar-refractivity contribution in [2.24, 2.45) is 0 Å². The molecule has 0 saturated carbocycles. The van der Waals surface area contributed by atoms with Crippen LogP contribution in [-0.4, -0.2) is 71.9 Å². The minimum absolute atomic E-state index is 0.0694. The monoisotopic (exact) mass is 504 g/mol. The average molecular weight is 505 g/mol. The van der Waals surface area contributed by atoms with Crippen molar-refractivity contribution in [3.05, 3.63) is 66.1 Å². The first kappa shape index (κ1) is 26.6. The fraction of sp³-hybridized carbons (Fsp3) is 0.320. The maximum Gasteiger partial charge on any atom is 0.490 e. The van der Waals surface area contributed by atoms with Gasteiger partial charge in [-0.05, 0) is 36.4 Å². The summed E-state index contributed by atoms with van der Waals surface area (Å²) in [5, 5.41) is 7.12. The first-order valence-electron chi connectivity index (χ1n) is 11.1. The molecule has 36 heavy (non-hydrogen) atoms. The molecule has 4 rings (SSSR count). The Morgan fingerprint density at radius 3 is 2.25 bits per heavy atom. The van der Waals surface area contributed by atoms with Crippen LogP contribution in [0.25, 0.3) is 11.3 Å². The average Bonchev–Trinajstić information content (AvgIpc) is 3.14. The second-order valence-corrected chi connectivity index (χ2v) is 8.20. The molecule has 8 nitrogen and oxygen atoms in total. The number of aliphatic carboxylic acids is 1. The lowest BCUT2D eigenvalue weighted by Crippen LogP contribution is -2.33. The molecule has 0 bridgehead atoms. The standard InChI is InChI=1S/C23H26N4O2.C2HF3O2/c1-25(2)18-10-8-17(9-11-18)23(28)26-13-12-22-24-16-20(27(22)15-14-26)19-6-4-5-7-21(19)29-3;3-2(4,5)1(6)7/h4-11,16H,12-15H2,1-3H3;(H,6,7). The number of imidazole rings is 1. The lowest BCUT2D eigenvalue weighted by Gasteiger charge is -2.21. The largest absolute Gasteiger partial charge is 0.496 e. The number of carboxylic acids is 1. The summed E-state index contributed by atoms with van der Waals surface area (Å²) in [5.41, 5.74) is 3.86. The molecule has 0 unspecified atom stereocenters. The summed E-state index contributed by atoms with van der Waals surface area (Å²) in [6.07, 6.45) is -2.44. The van der Waals surface area contributed by atoms with Gasteiger partial charge in [0, 0.05) is 57.0 Å². The van der Waals surface area contributed by atoms with Crippen LogP contribution in [0.3, 0.4) is 0 Å². The molecule has 1 amide bonds. The molecule has 2 heterocycles. The van der Waals surface area contributed by atoms with Gasteiger partial charge in [-0.15, -0.1) is 0 Å². The van der Waals surface area contributed by atoms with Crippen molar-refractivity contribution in [3.8, 4) is 17.0 Å². The molecule has 1 aromatic heterocycles. The minimum Gasteiger partial charge on any atom is -0.496 e. The van der Waals surface area contributed by atoms with Crippen molar-refractivity contribution < 1.29 is 32.6 Å². The smallest absolute Gasteiger partial charge is 0.490 e. The molecule has 0 aliphatic carbocycles. The number of nitrogens with zero attached hydrogens (tertiary/aromatic N) is 4. The van der Waals surface area contributed by atoms with Gasteiger partial charge in [-0.3, -0.25) is 4.79 Å². The molecule has 1 aliphatic heterocycles. The molecule has 0 spiro atoms. The van der Waals surface area contributed by atoms with Crippen LogP contribution in [0.2, 0.25) is 0 Å². The van der Waals surface area contributed by atoms with Crippen molar-refractivity contribution in [1.29, 1.82) is 0 Å². The van der Waals surface area contributed by atoms with E-state index in [1.54, 1.807) is 7.11 Å². The zero-order valence-electron chi connectivity index (χ0n) is 20.1. The number of carbonyl (C=O) groups excluding carboxylic acids is 1. The Bertz CT molecular complexity index is 1210. The van der Waals surface area contributed by atoms with E-state index < -0.39 is 12.1 Å². The maximum atomic E-state index is 13.0. The number of methoxy groups -OCH3 is 1. The van der Waals surface area contributed by atoms with E-state index in [1.807, 2.05) is 78.6 Å². The second kappa shape index (κ2) is 11.1. The number of rotatable bonds is 4. The fourth-order valence-electron chi connectivity index (χ4n) is 3.79. The lowest BCUT2D eigenvalue weighted by atomic mass is 10.1. The molecule has 2 aromatic carbocycles. The number of hydrogen-bond acceptors (Lipinski definition) is 5. The van der Waals surface area contributed by atoms with Gasteiger partial charge in [-0.25, -0.2) is 9.78 Å². The maximum absolute atomic E-state index is 13.0. The Balaban J connectivity index is 0.000000454. The number of benzene rings is 2. The van der Waals surface area contributed by atoms with Gasteiger partial charge < -0.3 is 24.2 Å².